The van der Waals surface area contributed by atoms with Gasteiger partial charge in [-0.05, 0) is 49.6 Å². The molecule has 0 bridgehead atoms. The van der Waals surface area contributed by atoms with Crippen molar-refractivity contribution in [3.8, 4) is 22.6 Å². The Kier molecular flexibility index (Phi) is 7.67. The lowest BCUT2D eigenvalue weighted by molar-refractivity contribution is -0.130. The molecule has 1 saturated heterocycles. The molecule has 14 heteroatoms. The molecule has 2 aliphatic heterocycles. The number of thiazole rings is 1. The van der Waals surface area contributed by atoms with Gasteiger partial charge in [0.2, 0.25) is 5.91 Å². The average molecular weight is 702 g/mol. The van der Waals surface area contributed by atoms with Gasteiger partial charge in [0.1, 0.15) is 23.0 Å². The second-order valence-electron chi connectivity index (χ2n) is 12.8. The number of aromatic nitrogens is 3. The minimum absolute atomic E-state index is 0.0107. The lowest BCUT2D eigenvalue weighted by Crippen LogP contribution is -2.66. The highest BCUT2D eigenvalue weighted by molar-refractivity contribution is 7.22. The van der Waals surface area contributed by atoms with E-state index in [0.717, 1.165) is 23.0 Å². The van der Waals surface area contributed by atoms with Crippen molar-refractivity contribution in [3.05, 3.63) is 75.6 Å². The number of pyridine rings is 2. The number of halogens is 2. The van der Waals surface area contributed by atoms with Crippen LogP contribution in [0.1, 0.15) is 37.9 Å². The monoisotopic (exact) mass is 701 g/mol. The first-order valence-corrected chi connectivity index (χ1v) is 16.9. The molecule has 252 valence electrons. The van der Waals surface area contributed by atoms with E-state index in [-0.39, 0.29) is 69.5 Å². The molecule has 0 saturated carbocycles. The molecule has 49 heavy (non-hydrogen) atoms. The third-order valence-corrected chi connectivity index (χ3v) is 10.7. The Labute approximate surface area is 289 Å². The number of benzene rings is 2. The minimum Gasteiger partial charge on any atom is -0.507 e. The molecule has 0 spiro atoms. The van der Waals surface area contributed by atoms with Gasteiger partial charge in [0.25, 0.3) is 11.5 Å². The van der Waals surface area contributed by atoms with Gasteiger partial charge < -0.3 is 25.5 Å². The quantitative estimate of drug-likeness (QED) is 0.226. The maximum absolute atomic E-state index is 15.0. The van der Waals surface area contributed by atoms with Crippen molar-refractivity contribution < 1.29 is 19.1 Å². The number of nitrogens with two attached hydrogens (primary N) is 1. The molecule has 2 amide bonds. The van der Waals surface area contributed by atoms with Gasteiger partial charge in [0.15, 0.2) is 10.9 Å². The summed E-state index contributed by atoms with van der Waals surface area (Å²) in [5.41, 5.74) is 9.13. The number of nitrogens with zero attached hydrogens (tertiary/aromatic N) is 6. The van der Waals surface area contributed by atoms with Crippen LogP contribution in [0.2, 0.25) is 5.02 Å². The van der Waals surface area contributed by atoms with Gasteiger partial charge in [-0.3, -0.25) is 23.9 Å². The summed E-state index contributed by atoms with van der Waals surface area (Å²) < 4.78 is 16.8. The second kappa shape index (κ2) is 11.6. The molecule has 2 unspecified atom stereocenters. The van der Waals surface area contributed by atoms with E-state index < -0.39 is 17.4 Å². The number of hydrogen-bond acceptors (Lipinski definition) is 9. The van der Waals surface area contributed by atoms with Crippen molar-refractivity contribution >= 4 is 72.4 Å². The Balaban J connectivity index is 1.62. The van der Waals surface area contributed by atoms with E-state index in [1.165, 1.54) is 11.0 Å². The number of hydrogen-bond donors (Lipinski definition) is 2. The zero-order valence-corrected chi connectivity index (χ0v) is 29.0. The van der Waals surface area contributed by atoms with E-state index in [1.807, 2.05) is 38.7 Å². The third-order valence-electron chi connectivity index (χ3n) is 9.46. The van der Waals surface area contributed by atoms with Gasteiger partial charge in [-0.25, -0.2) is 9.37 Å². The van der Waals surface area contributed by atoms with E-state index in [4.69, 9.17) is 17.3 Å². The molecule has 2 aromatic carbocycles. The molecule has 3 N–H and O–H groups in total. The summed E-state index contributed by atoms with van der Waals surface area (Å²) in [7, 11) is 1.56. The number of phenolic OH excluding ortho intramolecular Hbond substituents is 1. The fourth-order valence-electron chi connectivity index (χ4n) is 7.17. The Morgan fingerprint density at radius 3 is 2.63 bits per heavy atom. The Bertz CT molecular complexity index is 2340. The van der Waals surface area contributed by atoms with E-state index in [2.05, 4.69) is 16.5 Å². The van der Waals surface area contributed by atoms with Crippen LogP contribution in [0, 0.1) is 12.7 Å². The van der Waals surface area contributed by atoms with Crippen molar-refractivity contribution in [2.45, 2.75) is 45.7 Å². The zero-order valence-electron chi connectivity index (χ0n) is 27.4. The summed E-state index contributed by atoms with van der Waals surface area (Å²) in [6.07, 6.45) is 2.92. The smallest absolute Gasteiger partial charge is 0.281 e. The van der Waals surface area contributed by atoms with Crippen molar-refractivity contribution in [2.75, 3.05) is 35.7 Å². The number of aryl methyl sites for hydroxylation is 1. The summed E-state index contributed by atoms with van der Waals surface area (Å²) >= 11 is 8.10. The molecule has 2 aliphatic rings. The lowest BCUT2D eigenvalue weighted by atomic mass is 9.95. The number of phenols is 1. The van der Waals surface area contributed by atoms with Crippen molar-refractivity contribution in [3.63, 3.8) is 0 Å². The number of fused-ring (bicyclic) bond motifs is 6. The predicted octanol–water partition coefficient (Wildman–Crippen LogP) is 5.74. The fraction of sp³-hybridized carbons (Fsp3) is 0.286. The van der Waals surface area contributed by atoms with Crippen LogP contribution in [-0.4, -0.2) is 68.6 Å². The van der Waals surface area contributed by atoms with Crippen LogP contribution in [0.4, 0.5) is 20.9 Å². The SMILES string of the molecule is C=CC(=O)N1CC2C(=O)N(C)c3c(c4cc(Cl)c(-c5c(O)cc(F)c6nc(N)sc56)cc4n(-c4c(C)ccnc4C(C)C)c3=O)N2CC1C. The highest BCUT2D eigenvalue weighted by Gasteiger charge is 2.46. The van der Waals surface area contributed by atoms with E-state index in [0.29, 0.717) is 38.2 Å². The summed E-state index contributed by atoms with van der Waals surface area (Å²) in [4.78, 5) is 55.5. The lowest BCUT2D eigenvalue weighted by Gasteiger charge is -2.50. The summed E-state index contributed by atoms with van der Waals surface area (Å²) in [5, 5.41) is 12.0. The van der Waals surface area contributed by atoms with E-state index in [9.17, 15) is 19.1 Å². The maximum Gasteiger partial charge on any atom is 0.281 e. The Morgan fingerprint density at radius 2 is 1.94 bits per heavy atom. The maximum atomic E-state index is 15.0. The van der Waals surface area contributed by atoms with E-state index in [1.54, 1.807) is 34.8 Å². The van der Waals surface area contributed by atoms with Crippen LogP contribution in [0.25, 0.3) is 37.9 Å². The fourth-order valence-corrected chi connectivity index (χ4v) is 8.33. The van der Waals surface area contributed by atoms with Gasteiger partial charge >= 0.3 is 0 Å². The van der Waals surface area contributed by atoms with Crippen molar-refractivity contribution in [1.29, 1.82) is 0 Å². The molecule has 11 nitrogen and oxygen atoms in total. The predicted molar refractivity (Wildman–Crippen MR) is 192 cm³/mol. The largest absolute Gasteiger partial charge is 0.507 e. The molecule has 0 radical (unpaired) electrons. The minimum atomic E-state index is -0.776. The number of amides is 2. The third kappa shape index (κ3) is 4.78. The van der Waals surface area contributed by atoms with Gasteiger partial charge in [0.05, 0.1) is 33.8 Å². The normalized spacial score (nSPS) is 17.6. The molecule has 5 aromatic rings. The Hall–Kier alpha value is -5.01. The average Bonchev–Trinajstić information content (AvgIpc) is 3.45. The highest BCUT2D eigenvalue weighted by atomic mass is 35.5. The van der Waals surface area contributed by atoms with Crippen LogP contribution in [0.3, 0.4) is 0 Å². The van der Waals surface area contributed by atoms with Crippen LogP contribution >= 0.6 is 22.9 Å². The van der Waals surface area contributed by atoms with Gasteiger partial charge in [-0.1, -0.05) is 43.4 Å². The van der Waals surface area contributed by atoms with Crippen LogP contribution in [0.15, 0.2) is 47.9 Å². The second-order valence-corrected chi connectivity index (χ2v) is 14.2. The number of carbonyl (C=O) groups excluding carboxylic acids is 2. The first-order chi connectivity index (χ1) is 23.2. The number of nitrogen functional groups attached to an aromatic ring is 1. The number of rotatable bonds is 4. The van der Waals surface area contributed by atoms with Gasteiger partial charge in [-0.2, -0.15) is 0 Å². The number of carbonyl (C=O) groups is 2. The zero-order chi connectivity index (χ0) is 35.2. The van der Waals surface area contributed by atoms with Gasteiger partial charge in [-0.15, -0.1) is 0 Å². The summed E-state index contributed by atoms with van der Waals surface area (Å²) in [6.45, 7) is 11.7. The molecular weight excluding hydrogens is 669 g/mol. The number of likely N-dealkylation sites (N-methyl/N-ethyl adjacent to an activating group) is 1. The molecule has 2 atom stereocenters. The first kappa shape index (κ1) is 32.5. The number of aromatic hydroxyl groups is 1. The van der Waals surface area contributed by atoms with Gasteiger partial charge in [0, 0.05) is 53.4 Å². The molecule has 1 fully saturated rings. The van der Waals surface area contributed by atoms with Crippen LogP contribution < -0.4 is 21.1 Å². The van der Waals surface area contributed by atoms with Crippen molar-refractivity contribution in [2.24, 2.45) is 0 Å². The standard InChI is InChI=1S/C35H33ClFN7O4S/c1-7-25(46)42-14-23-33(47)41(6)31-30(43(23)13-17(42)5)19-10-20(36)18(26-24(45)12-21(37)28-32(26)49-35(38)40-28)11-22(19)44(34(31)48)29-16(4)8-9-39-27(29)15(2)3/h7-12,15,17,23,45H,1,13-14H2,2-6H3,(H2,38,40). The number of piperazine rings is 1. The summed E-state index contributed by atoms with van der Waals surface area (Å²) in [6, 6.07) is 5.09. The van der Waals surface area contributed by atoms with E-state index >= 15 is 4.79 Å². The van der Waals surface area contributed by atoms with Crippen LogP contribution in [-0.2, 0) is 9.59 Å². The Morgan fingerprint density at radius 1 is 1.20 bits per heavy atom. The summed E-state index contributed by atoms with van der Waals surface area (Å²) in [5.74, 6) is -1.81. The molecule has 0 aliphatic carbocycles. The molecular formula is C35H33ClFN7O4S. The first-order valence-electron chi connectivity index (χ1n) is 15.7. The molecule has 5 heterocycles. The van der Waals surface area contributed by atoms with Crippen LogP contribution in [0.5, 0.6) is 5.75 Å². The molecule has 3 aromatic heterocycles. The number of anilines is 3. The van der Waals surface area contributed by atoms with Crippen molar-refractivity contribution in [1.82, 2.24) is 19.4 Å². The highest BCUT2D eigenvalue weighted by Crippen LogP contribution is 2.48. The topological polar surface area (TPSA) is 138 Å². The molecule has 7 rings (SSSR count).